The molecular formula is C16H14N2O2. The van der Waals surface area contributed by atoms with Crippen LogP contribution in [0, 0.1) is 5.92 Å². The number of hydrogen-bond acceptors (Lipinski definition) is 3. The van der Waals surface area contributed by atoms with E-state index in [1.165, 1.54) is 0 Å². The Morgan fingerprint density at radius 3 is 2.50 bits per heavy atom. The van der Waals surface area contributed by atoms with Gasteiger partial charge in [0.15, 0.2) is 0 Å². The van der Waals surface area contributed by atoms with Crippen molar-refractivity contribution in [2.75, 3.05) is 0 Å². The minimum absolute atomic E-state index is 0.263. The zero-order valence-corrected chi connectivity index (χ0v) is 11.3. The summed E-state index contributed by atoms with van der Waals surface area (Å²) in [6, 6.07) is 13.2. The van der Waals surface area contributed by atoms with E-state index in [4.69, 9.17) is 0 Å². The monoisotopic (exact) mass is 266 g/mol. The molecule has 4 nitrogen and oxygen atoms in total. The lowest BCUT2D eigenvalue weighted by atomic mass is 10.1. The molecule has 0 bridgehead atoms. The van der Waals surface area contributed by atoms with Crippen LogP contribution in [-0.2, 0) is 4.79 Å². The summed E-state index contributed by atoms with van der Waals surface area (Å²) in [6.07, 6.45) is 0. The van der Waals surface area contributed by atoms with Gasteiger partial charge in [-0.05, 0) is 36.8 Å². The highest BCUT2D eigenvalue weighted by atomic mass is 16.2. The van der Waals surface area contributed by atoms with Crippen molar-refractivity contribution in [1.29, 1.82) is 0 Å². The van der Waals surface area contributed by atoms with Crippen molar-refractivity contribution in [1.82, 2.24) is 5.01 Å². The molecule has 2 amide bonds. The molecule has 0 aliphatic carbocycles. The summed E-state index contributed by atoms with van der Waals surface area (Å²) in [6.45, 7) is 3.52. The van der Waals surface area contributed by atoms with Gasteiger partial charge in [-0.1, -0.05) is 30.3 Å². The van der Waals surface area contributed by atoms with Crippen molar-refractivity contribution in [2.24, 2.45) is 11.0 Å². The van der Waals surface area contributed by atoms with Gasteiger partial charge in [-0.2, -0.15) is 10.1 Å². The second-order valence-corrected chi connectivity index (χ2v) is 4.98. The smallest absolute Gasteiger partial charge is 0.272 e. The van der Waals surface area contributed by atoms with E-state index < -0.39 is 0 Å². The van der Waals surface area contributed by atoms with Gasteiger partial charge in [0.1, 0.15) is 0 Å². The van der Waals surface area contributed by atoms with Gasteiger partial charge in [0, 0.05) is 11.3 Å². The Hall–Kier alpha value is -2.49. The molecule has 20 heavy (non-hydrogen) atoms. The number of hydrazone groups is 1. The van der Waals surface area contributed by atoms with Crippen LogP contribution in [0.25, 0.3) is 10.8 Å². The number of amides is 2. The summed E-state index contributed by atoms with van der Waals surface area (Å²) in [5.41, 5.74) is 1.15. The standard InChI is InChI=1S/C16H14N2O2/c1-10-11(2)17-18(15(10)19)16(20)14-8-7-12-5-3-4-6-13(12)9-14/h3-10H,1-2H3. The molecule has 0 radical (unpaired) electrons. The lowest BCUT2D eigenvalue weighted by molar-refractivity contribution is -0.128. The van der Waals surface area contributed by atoms with Crippen LogP contribution in [0.1, 0.15) is 24.2 Å². The molecule has 3 rings (SSSR count). The highest BCUT2D eigenvalue weighted by Gasteiger charge is 2.34. The molecule has 1 heterocycles. The molecule has 0 aromatic heterocycles. The van der Waals surface area contributed by atoms with Gasteiger partial charge in [0.2, 0.25) is 0 Å². The van der Waals surface area contributed by atoms with Crippen molar-refractivity contribution >= 4 is 28.3 Å². The van der Waals surface area contributed by atoms with Crippen LogP contribution in [0.2, 0.25) is 0 Å². The fraction of sp³-hybridized carbons (Fsp3) is 0.188. The molecule has 2 aromatic carbocycles. The third kappa shape index (κ3) is 1.90. The van der Waals surface area contributed by atoms with Crippen LogP contribution < -0.4 is 0 Å². The van der Waals surface area contributed by atoms with Crippen molar-refractivity contribution in [2.45, 2.75) is 13.8 Å². The van der Waals surface area contributed by atoms with E-state index in [2.05, 4.69) is 5.10 Å². The molecule has 0 saturated heterocycles. The molecule has 4 heteroatoms. The Morgan fingerprint density at radius 2 is 1.85 bits per heavy atom. The topological polar surface area (TPSA) is 49.7 Å². The first-order valence-corrected chi connectivity index (χ1v) is 6.50. The van der Waals surface area contributed by atoms with Gasteiger partial charge < -0.3 is 0 Å². The van der Waals surface area contributed by atoms with Gasteiger partial charge in [-0.3, -0.25) is 9.59 Å². The van der Waals surface area contributed by atoms with Crippen molar-refractivity contribution in [3.8, 4) is 0 Å². The largest absolute Gasteiger partial charge is 0.281 e. The first-order chi connectivity index (χ1) is 9.58. The van der Waals surface area contributed by atoms with Crippen LogP contribution >= 0.6 is 0 Å². The first kappa shape index (κ1) is 12.5. The minimum Gasteiger partial charge on any atom is -0.272 e. The summed E-state index contributed by atoms with van der Waals surface area (Å²) >= 11 is 0. The van der Waals surface area contributed by atoms with E-state index in [1.54, 1.807) is 26.0 Å². The van der Waals surface area contributed by atoms with E-state index in [9.17, 15) is 9.59 Å². The van der Waals surface area contributed by atoms with E-state index in [1.807, 2.05) is 30.3 Å². The van der Waals surface area contributed by atoms with E-state index in [-0.39, 0.29) is 17.7 Å². The molecule has 100 valence electrons. The Balaban J connectivity index is 1.99. The molecule has 0 spiro atoms. The van der Waals surface area contributed by atoms with E-state index in [0.29, 0.717) is 11.3 Å². The third-order valence-corrected chi connectivity index (χ3v) is 3.65. The molecule has 1 aliphatic heterocycles. The van der Waals surface area contributed by atoms with Gasteiger partial charge in [0.05, 0.1) is 5.92 Å². The minimum atomic E-state index is -0.371. The number of imide groups is 1. The lowest BCUT2D eigenvalue weighted by Gasteiger charge is -2.11. The van der Waals surface area contributed by atoms with Crippen molar-refractivity contribution in [3.63, 3.8) is 0 Å². The van der Waals surface area contributed by atoms with Crippen molar-refractivity contribution < 1.29 is 9.59 Å². The summed E-state index contributed by atoms with van der Waals surface area (Å²) in [7, 11) is 0. The summed E-state index contributed by atoms with van der Waals surface area (Å²) in [4.78, 5) is 24.4. The van der Waals surface area contributed by atoms with Gasteiger partial charge in [0.25, 0.3) is 11.8 Å². The van der Waals surface area contributed by atoms with Gasteiger partial charge in [-0.15, -0.1) is 0 Å². The quantitative estimate of drug-likeness (QED) is 0.745. The van der Waals surface area contributed by atoms with Gasteiger partial charge >= 0.3 is 0 Å². The Labute approximate surface area is 116 Å². The number of nitrogens with zero attached hydrogens (tertiary/aromatic N) is 2. The van der Waals surface area contributed by atoms with Crippen LogP contribution in [0.5, 0.6) is 0 Å². The fourth-order valence-corrected chi connectivity index (χ4v) is 2.25. The Kier molecular flexibility index (Phi) is 2.86. The van der Waals surface area contributed by atoms with Crippen LogP contribution in [0.15, 0.2) is 47.6 Å². The predicted octanol–water partition coefficient (Wildman–Crippen LogP) is 2.83. The maximum atomic E-state index is 12.4. The maximum Gasteiger partial charge on any atom is 0.281 e. The third-order valence-electron chi connectivity index (χ3n) is 3.65. The highest BCUT2D eigenvalue weighted by Crippen LogP contribution is 2.21. The number of carbonyl (C=O) groups is 2. The number of hydrogen-bond donors (Lipinski definition) is 0. The van der Waals surface area contributed by atoms with Crippen molar-refractivity contribution in [3.05, 3.63) is 48.0 Å². The van der Waals surface area contributed by atoms with Gasteiger partial charge in [-0.25, -0.2) is 0 Å². The second kappa shape index (κ2) is 4.56. The molecule has 1 unspecified atom stereocenters. The maximum absolute atomic E-state index is 12.4. The Morgan fingerprint density at radius 1 is 1.15 bits per heavy atom. The van der Waals surface area contributed by atoms with Crippen LogP contribution in [0.4, 0.5) is 0 Å². The molecule has 0 fully saturated rings. The lowest BCUT2D eigenvalue weighted by Crippen LogP contribution is -2.31. The molecule has 1 aliphatic rings. The fourth-order valence-electron chi connectivity index (χ4n) is 2.25. The molecule has 0 N–H and O–H groups in total. The normalized spacial score (nSPS) is 18.5. The number of rotatable bonds is 1. The predicted molar refractivity (Wildman–Crippen MR) is 77.4 cm³/mol. The molecule has 0 saturated carbocycles. The molecule has 2 aromatic rings. The zero-order valence-electron chi connectivity index (χ0n) is 11.3. The number of fused-ring (bicyclic) bond motifs is 1. The number of benzene rings is 2. The van der Waals surface area contributed by atoms with E-state index >= 15 is 0 Å². The number of carbonyl (C=O) groups excluding carboxylic acids is 2. The summed E-state index contributed by atoms with van der Waals surface area (Å²) in [5.74, 6) is -0.954. The summed E-state index contributed by atoms with van der Waals surface area (Å²) in [5, 5.41) is 7.07. The summed E-state index contributed by atoms with van der Waals surface area (Å²) < 4.78 is 0. The van der Waals surface area contributed by atoms with E-state index in [0.717, 1.165) is 15.8 Å². The molecular weight excluding hydrogens is 252 g/mol. The average Bonchev–Trinajstić information content (AvgIpc) is 2.73. The van der Waals surface area contributed by atoms with Crippen LogP contribution in [0.3, 0.4) is 0 Å². The first-order valence-electron chi connectivity index (χ1n) is 6.50. The average molecular weight is 266 g/mol. The Bertz CT molecular complexity index is 749. The van der Waals surface area contributed by atoms with Crippen LogP contribution in [-0.4, -0.2) is 22.5 Å². The second-order valence-electron chi connectivity index (χ2n) is 4.98. The zero-order chi connectivity index (χ0) is 14.3. The highest BCUT2D eigenvalue weighted by molar-refractivity contribution is 6.16. The SMILES string of the molecule is CC1=NN(C(=O)c2ccc3ccccc3c2)C(=O)C1C. The molecule has 1 atom stereocenters.